The lowest BCUT2D eigenvalue weighted by Crippen LogP contribution is -2.29. The van der Waals surface area contributed by atoms with Gasteiger partial charge in [-0.05, 0) is 0 Å². The molecule has 0 N–H and O–H groups in total. The van der Waals surface area contributed by atoms with Crippen molar-refractivity contribution in [2.24, 2.45) is 0 Å². The molecule has 1 rings (SSSR count). The van der Waals surface area contributed by atoms with Crippen molar-refractivity contribution >= 4 is 11.9 Å². The molecule has 0 saturated heterocycles. The van der Waals surface area contributed by atoms with E-state index in [0.29, 0.717) is 12.1 Å². The summed E-state index contributed by atoms with van der Waals surface area (Å²) in [6, 6.07) is 0. The van der Waals surface area contributed by atoms with Crippen molar-refractivity contribution in [1.29, 1.82) is 0 Å². The summed E-state index contributed by atoms with van der Waals surface area (Å²) in [6.45, 7) is 0.306. The van der Waals surface area contributed by atoms with Gasteiger partial charge in [0.1, 0.15) is 6.33 Å². The second-order valence-electron chi connectivity index (χ2n) is 3.18. The zero-order chi connectivity index (χ0) is 12.0. The van der Waals surface area contributed by atoms with Crippen LogP contribution in [0.5, 0.6) is 0 Å². The van der Waals surface area contributed by atoms with E-state index >= 15 is 0 Å². The summed E-state index contributed by atoms with van der Waals surface area (Å²) in [7, 11) is 2.92. The third-order valence-corrected chi connectivity index (χ3v) is 2.03. The predicted molar refractivity (Wildman–Crippen MR) is 55.6 cm³/mol. The van der Waals surface area contributed by atoms with Crippen LogP contribution in [0, 0.1) is 0 Å². The molecule has 0 aliphatic rings. The number of esters is 1. The zero-order valence-corrected chi connectivity index (χ0v) is 9.21. The van der Waals surface area contributed by atoms with Gasteiger partial charge in [-0.25, -0.2) is 9.97 Å². The maximum absolute atomic E-state index is 11.7. The third kappa shape index (κ3) is 3.30. The molecule has 0 aliphatic heterocycles. The quantitative estimate of drug-likeness (QED) is 0.677. The molecule has 0 atom stereocenters. The largest absolute Gasteiger partial charge is 0.469 e. The fourth-order valence-electron chi connectivity index (χ4n) is 1.09. The van der Waals surface area contributed by atoms with Crippen molar-refractivity contribution in [2.45, 2.75) is 6.42 Å². The van der Waals surface area contributed by atoms with Crippen LogP contribution in [-0.2, 0) is 9.53 Å². The number of rotatable bonds is 4. The maximum atomic E-state index is 11.7. The second-order valence-corrected chi connectivity index (χ2v) is 3.18. The first kappa shape index (κ1) is 12.1. The number of carbonyl (C=O) groups is 2. The molecule has 0 spiro atoms. The first-order chi connectivity index (χ1) is 7.65. The van der Waals surface area contributed by atoms with Crippen LogP contribution in [0.15, 0.2) is 18.7 Å². The van der Waals surface area contributed by atoms with Gasteiger partial charge in [0, 0.05) is 26.0 Å². The Morgan fingerprint density at radius 1 is 1.38 bits per heavy atom. The SMILES string of the molecule is COC(=O)CCN(C)C(=O)c1cncnc1. The van der Waals surface area contributed by atoms with Crippen LogP contribution in [-0.4, -0.2) is 47.4 Å². The average molecular weight is 223 g/mol. The lowest BCUT2D eigenvalue weighted by molar-refractivity contribution is -0.140. The van der Waals surface area contributed by atoms with Gasteiger partial charge >= 0.3 is 5.97 Å². The van der Waals surface area contributed by atoms with Crippen molar-refractivity contribution in [2.75, 3.05) is 20.7 Å². The highest BCUT2D eigenvalue weighted by molar-refractivity contribution is 5.93. The minimum Gasteiger partial charge on any atom is -0.469 e. The van der Waals surface area contributed by atoms with E-state index in [1.165, 1.54) is 30.7 Å². The molecule has 0 fully saturated rings. The molecular weight excluding hydrogens is 210 g/mol. The topological polar surface area (TPSA) is 72.4 Å². The number of hydrogen-bond donors (Lipinski definition) is 0. The summed E-state index contributed by atoms with van der Waals surface area (Å²) in [5, 5.41) is 0. The molecule has 1 heterocycles. The summed E-state index contributed by atoms with van der Waals surface area (Å²) >= 11 is 0. The fraction of sp³-hybridized carbons (Fsp3) is 0.400. The van der Waals surface area contributed by atoms with Crippen molar-refractivity contribution in [3.8, 4) is 0 Å². The van der Waals surface area contributed by atoms with Gasteiger partial charge < -0.3 is 9.64 Å². The van der Waals surface area contributed by atoms with Crippen LogP contribution < -0.4 is 0 Å². The number of methoxy groups -OCH3 is 1. The van der Waals surface area contributed by atoms with Gasteiger partial charge in [-0.3, -0.25) is 9.59 Å². The summed E-state index contributed by atoms with van der Waals surface area (Å²) < 4.78 is 4.48. The lowest BCUT2D eigenvalue weighted by Gasteiger charge is -2.15. The molecule has 16 heavy (non-hydrogen) atoms. The highest BCUT2D eigenvalue weighted by Crippen LogP contribution is 2.00. The summed E-state index contributed by atoms with van der Waals surface area (Å²) in [5.41, 5.74) is 0.398. The molecule has 1 aromatic rings. The molecule has 6 heteroatoms. The molecule has 1 amide bonds. The van der Waals surface area contributed by atoms with Gasteiger partial charge in [-0.1, -0.05) is 0 Å². The predicted octanol–water partition coefficient (Wildman–Crippen LogP) is 0.112. The van der Waals surface area contributed by atoms with E-state index in [-0.39, 0.29) is 18.3 Å². The van der Waals surface area contributed by atoms with Crippen molar-refractivity contribution < 1.29 is 14.3 Å². The Labute approximate surface area is 93.3 Å². The van der Waals surface area contributed by atoms with E-state index in [4.69, 9.17) is 0 Å². The molecule has 1 aromatic heterocycles. The van der Waals surface area contributed by atoms with Gasteiger partial charge in [0.2, 0.25) is 0 Å². The minimum absolute atomic E-state index is 0.173. The smallest absolute Gasteiger partial charge is 0.307 e. The summed E-state index contributed by atoms with van der Waals surface area (Å²) in [6.07, 6.45) is 4.39. The maximum Gasteiger partial charge on any atom is 0.307 e. The molecule has 0 radical (unpaired) electrons. The monoisotopic (exact) mass is 223 g/mol. The van der Waals surface area contributed by atoms with Crippen LogP contribution in [0.1, 0.15) is 16.8 Å². The van der Waals surface area contributed by atoms with Gasteiger partial charge in [0.15, 0.2) is 0 Å². The number of ether oxygens (including phenoxy) is 1. The molecular formula is C10H13N3O3. The van der Waals surface area contributed by atoms with E-state index in [9.17, 15) is 9.59 Å². The Morgan fingerprint density at radius 3 is 2.56 bits per heavy atom. The Balaban J connectivity index is 2.52. The van der Waals surface area contributed by atoms with Gasteiger partial charge in [0.25, 0.3) is 5.91 Å². The average Bonchev–Trinajstić information content (AvgIpc) is 2.35. The highest BCUT2D eigenvalue weighted by Gasteiger charge is 2.13. The zero-order valence-electron chi connectivity index (χ0n) is 9.21. The van der Waals surface area contributed by atoms with Crippen molar-refractivity contribution in [3.05, 3.63) is 24.3 Å². The molecule has 6 nitrogen and oxygen atoms in total. The third-order valence-electron chi connectivity index (χ3n) is 2.03. The van der Waals surface area contributed by atoms with Crippen LogP contribution in [0.25, 0.3) is 0 Å². The Hall–Kier alpha value is -1.98. The van der Waals surface area contributed by atoms with Crippen LogP contribution in [0.4, 0.5) is 0 Å². The number of aromatic nitrogens is 2. The van der Waals surface area contributed by atoms with Crippen LogP contribution in [0.3, 0.4) is 0 Å². The molecule has 0 aromatic carbocycles. The number of hydrogen-bond acceptors (Lipinski definition) is 5. The number of amides is 1. The Morgan fingerprint density at radius 2 is 2.00 bits per heavy atom. The summed E-state index contributed by atoms with van der Waals surface area (Å²) in [5.74, 6) is -0.562. The Bertz CT molecular complexity index is 367. The van der Waals surface area contributed by atoms with Crippen molar-refractivity contribution in [1.82, 2.24) is 14.9 Å². The minimum atomic E-state index is -0.344. The second kappa shape index (κ2) is 5.79. The molecule has 0 aliphatic carbocycles. The first-order valence-electron chi connectivity index (χ1n) is 4.72. The van der Waals surface area contributed by atoms with Gasteiger partial charge in [0.05, 0.1) is 19.1 Å². The number of carbonyl (C=O) groups excluding carboxylic acids is 2. The van der Waals surface area contributed by atoms with E-state index in [1.807, 2.05) is 0 Å². The van der Waals surface area contributed by atoms with Gasteiger partial charge in [-0.15, -0.1) is 0 Å². The van der Waals surface area contributed by atoms with E-state index in [1.54, 1.807) is 7.05 Å². The van der Waals surface area contributed by atoms with Crippen LogP contribution >= 0.6 is 0 Å². The standard InChI is InChI=1S/C10H13N3O3/c1-13(4-3-9(14)16-2)10(15)8-5-11-7-12-6-8/h5-7H,3-4H2,1-2H3. The summed E-state index contributed by atoms with van der Waals surface area (Å²) in [4.78, 5) is 31.6. The van der Waals surface area contributed by atoms with Crippen LogP contribution in [0.2, 0.25) is 0 Å². The van der Waals surface area contributed by atoms with Crippen molar-refractivity contribution in [3.63, 3.8) is 0 Å². The van der Waals surface area contributed by atoms with E-state index in [2.05, 4.69) is 14.7 Å². The normalized spacial score (nSPS) is 9.62. The molecule has 0 bridgehead atoms. The number of nitrogens with zero attached hydrogens (tertiary/aromatic N) is 3. The van der Waals surface area contributed by atoms with E-state index < -0.39 is 0 Å². The molecule has 0 unspecified atom stereocenters. The molecule has 0 saturated carbocycles. The Kier molecular flexibility index (Phi) is 4.38. The highest BCUT2D eigenvalue weighted by atomic mass is 16.5. The van der Waals surface area contributed by atoms with E-state index in [0.717, 1.165) is 0 Å². The molecule has 86 valence electrons. The lowest BCUT2D eigenvalue weighted by atomic mass is 10.3. The first-order valence-corrected chi connectivity index (χ1v) is 4.72. The van der Waals surface area contributed by atoms with Gasteiger partial charge in [-0.2, -0.15) is 0 Å². The fourth-order valence-corrected chi connectivity index (χ4v) is 1.09.